The van der Waals surface area contributed by atoms with Crippen molar-refractivity contribution in [3.8, 4) is 39.6 Å². The Hall–Kier alpha value is -6.79. The van der Waals surface area contributed by atoms with Gasteiger partial charge < -0.3 is 8.98 Å². The van der Waals surface area contributed by atoms with Crippen molar-refractivity contribution in [3.05, 3.63) is 186 Å². The van der Waals surface area contributed by atoms with Crippen molar-refractivity contribution in [1.82, 2.24) is 24.5 Å². The number of imidazole rings is 1. The van der Waals surface area contributed by atoms with E-state index in [2.05, 4.69) is 142 Å². The zero-order chi connectivity index (χ0) is 47.5. The number of furan rings is 1. The monoisotopic (exact) mass is 1040 g/mol. The molecule has 0 atom stereocenters. The molecule has 329 valence electrons. The van der Waals surface area contributed by atoms with Gasteiger partial charge in [0.15, 0.2) is 0 Å². The van der Waals surface area contributed by atoms with Gasteiger partial charge in [0.2, 0.25) is 5.71 Å². The summed E-state index contributed by atoms with van der Waals surface area (Å²) in [6.45, 7) is 13.2. The minimum Gasteiger partial charge on any atom is -0.486 e. The number of hydrogen-bond acceptors (Lipinski definition) is 5. The van der Waals surface area contributed by atoms with E-state index >= 15 is 0 Å². The van der Waals surface area contributed by atoms with E-state index in [1.54, 1.807) is 12.1 Å². The number of fused-ring (bicyclic) bond motifs is 7. The maximum absolute atomic E-state index is 7.99. The molecule has 0 aliphatic carbocycles. The van der Waals surface area contributed by atoms with Gasteiger partial charge >= 0.3 is 0 Å². The van der Waals surface area contributed by atoms with E-state index in [1.807, 2.05) is 72.9 Å². The van der Waals surface area contributed by atoms with Crippen LogP contribution in [0.25, 0.3) is 94.4 Å². The molecule has 0 saturated heterocycles. The van der Waals surface area contributed by atoms with Crippen LogP contribution in [0.3, 0.4) is 0 Å². The van der Waals surface area contributed by atoms with Crippen molar-refractivity contribution >= 4 is 54.8 Å². The van der Waals surface area contributed by atoms with Gasteiger partial charge in [-0.05, 0) is 88.8 Å². The Bertz CT molecular complexity index is 3640. The summed E-state index contributed by atoms with van der Waals surface area (Å²) >= 11 is 0. The number of rotatable bonds is 6. The van der Waals surface area contributed by atoms with Crippen molar-refractivity contribution in [3.63, 3.8) is 0 Å². The minimum atomic E-state index is -2.22. The molecule has 0 bridgehead atoms. The van der Waals surface area contributed by atoms with Crippen LogP contribution in [0.5, 0.6) is 0 Å². The number of benzene rings is 7. The Morgan fingerprint density at radius 2 is 1.38 bits per heavy atom. The van der Waals surface area contributed by atoms with Crippen LogP contribution in [0.2, 0.25) is 0 Å². The average molecular weight is 1040 g/mol. The number of aromatic nitrogens is 5. The Balaban J connectivity index is 0.000000296. The number of para-hydroxylation sites is 2. The molecule has 11 rings (SSSR count). The summed E-state index contributed by atoms with van der Waals surface area (Å²) in [6.07, 6.45) is 1.81. The second kappa shape index (κ2) is 17.9. The van der Waals surface area contributed by atoms with Gasteiger partial charge in [-0.2, -0.15) is 0 Å². The normalized spacial score (nSPS) is 12.7. The first kappa shape index (κ1) is 40.7. The predicted octanol–water partition coefficient (Wildman–Crippen LogP) is 15.6. The van der Waals surface area contributed by atoms with Gasteiger partial charge in [-0.25, -0.2) is 4.98 Å². The van der Waals surface area contributed by atoms with Gasteiger partial charge in [-0.15, -0.1) is 54.1 Å². The summed E-state index contributed by atoms with van der Waals surface area (Å²) in [6, 6.07) is 55.3. The third-order valence-corrected chi connectivity index (χ3v) is 12.1. The zero-order valence-electron chi connectivity index (χ0n) is 41.1. The summed E-state index contributed by atoms with van der Waals surface area (Å²) in [5.41, 5.74) is 12.8. The van der Waals surface area contributed by atoms with Crippen LogP contribution in [-0.4, -0.2) is 24.5 Å². The van der Waals surface area contributed by atoms with E-state index in [1.165, 1.54) is 22.3 Å². The zero-order valence-corrected chi connectivity index (χ0v) is 40.5. The quantitative estimate of drug-likeness (QED) is 0.123. The molecule has 4 aromatic heterocycles. The van der Waals surface area contributed by atoms with Gasteiger partial charge in [0.25, 0.3) is 0 Å². The molecule has 0 saturated carbocycles. The Labute approximate surface area is 404 Å². The van der Waals surface area contributed by atoms with E-state index < -0.39 is 6.85 Å². The fraction of sp³-hybridized carbons (Fsp3) is 0.186. The van der Waals surface area contributed by atoms with Crippen LogP contribution in [0.1, 0.15) is 86.8 Å². The summed E-state index contributed by atoms with van der Waals surface area (Å²) in [5.74, 6) is 1.95. The fourth-order valence-electron chi connectivity index (χ4n) is 8.75. The first-order valence-corrected chi connectivity index (χ1v) is 22.3. The van der Waals surface area contributed by atoms with Crippen LogP contribution in [0.15, 0.2) is 156 Å². The topological polar surface area (TPSA) is 69.6 Å². The average Bonchev–Trinajstić information content (AvgIpc) is 3.91. The molecule has 66 heavy (non-hydrogen) atoms. The largest absolute Gasteiger partial charge is 0.486 e. The molecular formula is C59H51IrN5O-2. The van der Waals surface area contributed by atoms with Crippen molar-refractivity contribution in [2.24, 2.45) is 0 Å². The predicted molar refractivity (Wildman–Crippen MR) is 269 cm³/mol. The van der Waals surface area contributed by atoms with Gasteiger partial charge in [0, 0.05) is 63.4 Å². The van der Waals surface area contributed by atoms with Crippen LogP contribution >= 0.6 is 0 Å². The van der Waals surface area contributed by atoms with Crippen LogP contribution in [0, 0.1) is 19.0 Å². The Morgan fingerprint density at radius 3 is 2.11 bits per heavy atom. The third kappa shape index (κ3) is 8.23. The Morgan fingerprint density at radius 1 is 0.652 bits per heavy atom. The van der Waals surface area contributed by atoms with Crippen molar-refractivity contribution in [2.45, 2.75) is 72.6 Å². The molecule has 11 aromatic rings. The smallest absolute Gasteiger partial charge is 0.216 e. The molecule has 7 heteroatoms. The molecule has 0 fully saturated rings. The Kier molecular flexibility index (Phi) is 11.0. The minimum absolute atomic E-state index is 0. The summed E-state index contributed by atoms with van der Waals surface area (Å²) in [4.78, 5) is 19.2. The third-order valence-electron chi connectivity index (χ3n) is 12.1. The van der Waals surface area contributed by atoms with Gasteiger partial charge in [0.1, 0.15) is 0 Å². The number of aryl methyl sites for hydroxylation is 1. The van der Waals surface area contributed by atoms with Gasteiger partial charge in [-0.1, -0.05) is 132 Å². The number of nitrogens with zero attached hydrogens (tertiary/aromatic N) is 5. The van der Waals surface area contributed by atoms with E-state index in [-0.39, 0.29) is 42.9 Å². The molecule has 0 unspecified atom stereocenters. The van der Waals surface area contributed by atoms with E-state index in [0.717, 1.165) is 72.1 Å². The van der Waals surface area contributed by atoms with E-state index in [0.29, 0.717) is 16.8 Å². The molecule has 7 aromatic carbocycles. The first-order chi connectivity index (χ1) is 32.6. The summed E-state index contributed by atoms with van der Waals surface area (Å²) < 4.78 is 33.0. The number of pyridine rings is 1. The van der Waals surface area contributed by atoms with Crippen LogP contribution in [-0.2, 0) is 25.5 Å². The van der Waals surface area contributed by atoms with Gasteiger partial charge in [0.05, 0.1) is 33.8 Å². The van der Waals surface area contributed by atoms with E-state index in [4.69, 9.17) is 18.5 Å². The number of hydrogen-bond donors (Lipinski definition) is 0. The van der Waals surface area contributed by atoms with E-state index in [9.17, 15) is 0 Å². The van der Waals surface area contributed by atoms with Crippen molar-refractivity contribution in [2.75, 3.05) is 0 Å². The maximum Gasteiger partial charge on any atom is 0.216 e. The van der Waals surface area contributed by atoms with Crippen molar-refractivity contribution in [1.29, 1.82) is 0 Å². The summed E-state index contributed by atoms with van der Waals surface area (Å²) in [7, 11) is 0. The molecule has 6 nitrogen and oxygen atoms in total. The van der Waals surface area contributed by atoms with Crippen LogP contribution in [0.4, 0.5) is 0 Å². The molecule has 0 spiro atoms. The second-order valence-corrected chi connectivity index (χ2v) is 18.3. The SMILES string of the molecule is CC(C)(C)c1ccnc(-c2[c-]cccc2)n1.[2H]C([2H])([2H])c1ccc2ccc3cc4c(nc3c2c1)oc1c(-c2nc3ccccc3n2-c2c(C(C)C)cc(-c3ccccc3)cc2C(C)C)[c-]ccc14.[Ir]. The molecule has 1 radical (unpaired) electrons. The van der Waals surface area contributed by atoms with Crippen LogP contribution < -0.4 is 0 Å². The molecule has 0 amide bonds. The molecule has 0 N–H and O–H groups in total. The summed E-state index contributed by atoms with van der Waals surface area (Å²) in [5, 5.41) is 4.41. The molecule has 4 heterocycles. The maximum atomic E-state index is 7.99. The second-order valence-electron chi connectivity index (χ2n) is 18.3. The van der Waals surface area contributed by atoms with Gasteiger partial charge in [-0.3, -0.25) is 15.0 Å². The fourth-order valence-corrected chi connectivity index (χ4v) is 8.75. The standard InChI is InChI=1S/C45H36N3O.C14H15N2.Ir/c1-26(2)35-24-32(29-12-7-6-8-13-29)25-36(27(3)4)42(35)48-40-17-10-9-16-39(40)46-44(48)34-15-11-14-33-38-23-31-21-20-30-19-18-28(5)22-37(30)41(31)47-45(38)49-43(33)34;1-14(2,3)12-9-10-15-13(16-12)11-7-5-4-6-8-11;/h6-14,16-27H,1-5H3;4-7,9-10H,1-3H3;/q2*-1;/i5D3;;. The van der Waals surface area contributed by atoms with Crippen molar-refractivity contribution < 1.29 is 28.6 Å². The first-order valence-electron chi connectivity index (χ1n) is 23.8. The molecule has 0 aliphatic rings. The molecular weight excluding hydrogens is 987 g/mol. The molecule has 0 aliphatic heterocycles.